The number of fused-ring (bicyclic) bond motifs is 2. The molecular weight excluding hydrogens is 394 g/mol. The number of carbonyl (C=O) groups excluding carboxylic acids is 1. The van der Waals surface area contributed by atoms with Gasteiger partial charge in [-0.15, -0.1) is 0 Å². The highest BCUT2D eigenvalue weighted by molar-refractivity contribution is 6.31. The maximum atomic E-state index is 12.5. The average molecular weight is 416 g/mol. The molecule has 0 unspecified atom stereocenters. The van der Waals surface area contributed by atoms with Gasteiger partial charge in [0, 0.05) is 58.8 Å². The van der Waals surface area contributed by atoms with E-state index in [-0.39, 0.29) is 5.78 Å². The molecule has 2 aromatic heterocycles. The largest absolute Gasteiger partial charge is 0.383 e. The molecular formula is C25H22ClN3O. The van der Waals surface area contributed by atoms with Gasteiger partial charge in [-0.1, -0.05) is 41.9 Å². The summed E-state index contributed by atoms with van der Waals surface area (Å²) in [7, 11) is 0. The first-order valence-electron chi connectivity index (χ1n) is 10.3. The fraction of sp³-hybridized carbons (Fsp3) is 0.200. The summed E-state index contributed by atoms with van der Waals surface area (Å²) >= 11 is 6.11. The van der Waals surface area contributed by atoms with Crippen molar-refractivity contribution in [2.24, 2.45) is 0 Å². The number of aromatic nitrogens is 2. The van der Waals surface area contributed by atoms with E-state index < -0.39 is 0 Å². The molecule has 150 valence electrons. The highest BCUT2D eigenvalue weighted by Gasteiger charge is 2.24. The molecule has 2 aromatic carbocycles. The van der Waals surface area contributed by atoms with E-state index in [0.29, 0.717) is 11.4 Å². The Morgan fingerprint density at radius 3 is 2.77 bits per heavy atom. The van der Waals surface area contributed by atoms with E-state index in [2.05, 4.69) is 33.1 Å². The van der Waals surface area contributed by atoms with Crippen molar-refractivity contribution in [1.29, 1.82) is 0 Å². The van der Waals surface area contributed by atoms with Crippen LogP contribution in [0, 0.1) is 0 Å². The van der Waals surface area contributed by atoms with Crippen molar-refractivity contribution < 1.29 is 4.79 Å². The van der Waals surface area contributed by atoms with Crippen LogP contribution in [0.15, 0.2) is 66.9 Å². The number of anilines is 1. The second-order valence-electron chi connectivity index (χ2n) is 7.63. The summed E-state index contributed by atoms with van der Waals surface area (Å²) in [6.07, 6.45) is 4.32. The smallest absolute Gasteiger partial charge is 0.164 e. The number of rotatable bonds is 5. The zero-order valence-corrected chi connectivity index (χ0v) is 17.3. The Morgan fingerprint density at radius 2 is 1.90 bits per heavy atom. The van der Waals surface area contributed by atoms with Gasteiger partial charge in [0.25, 0.3) is 0 Å². The number of hydrogen-bond donors (Lipinski definition) is 1. The van der Waals surface area contributed by atoms with Gasteiger partial charge in [-0.25, -0.2) is 0 Å². The van der Waals surface area contributed by atoms with Crippen molar-refractivity contribution in [3.8, 4) is 11.3 Å². The van der Waals surface area contributed by atoms with E-state index in [1.807, 2.05) is 42.5 Å². The summed E-state index contributed by atoms with van der Waals surface area (Å²) in [6.45, 7) is 1.53. The third kappa shape index (κ3) is 3.48. The van der Waals surface area contributed by atoms with Crippen LogP contribution in [0.3, 0.4) is 0 Å². The molecule has 0 saturated heterocycles. The van der Waals surface area contributed by atoms with Gasteiger partial charge >= 0.3 is 0 Å². The number of ketones is 1. The quantitative estimate of drug-likeness (QED) is 0.435. The Kier molecular flexibility index (Phi) is 5.01. The molecule has 0 aliphatic heterocycles. The normalized spacial score (nSPS) is 13.4. The zero-order valence-electron chi connectivity index (χ0n) is 16.6. The van der Waals surface area contributed by atoms with Crippen LogP contribution < -0.4 is 5.32 Å². The van der Waals surface area contributed by atoms with Gasteiger partial charge in [0.2, 0.25) is 0 Å². The standard InChI is InChI=1S/C25H22ClN3O/c26-18-9-10-19-21(11-12-27-22(19)15-18)28-13-14-29-23-7-4-8-25(30)20(23)16-24(29)17-5-2-1-3-6-17/h1-3,5-6,9-12,15-16H,4,7-8,13-14H2,(H,27,28). The molecule has 0 fully saturated rings. The zero-order chi connectivity index (χ0) is 20.5. The van der Waals surface area contributed by atoms with E-state index >= 15 is 0 Å². The molecule has 4 aromatic rings. The van der Waals surface area contributed by atoms with Crippen molar-refractivity contribution in [3.63, 3.8) is 0 Å². The third-order valence-corrected chi connectivity index (χ3v) is 5.99. The predicted molar refractivity (Wildman–Crippen MR) is 122 cm³/mol. The van der Waals surface area contributed by atoms with Crippen molar-refractivity contribution in [2.75, 3.05) is 11.9 Å². The number of Topliss-reactive ketones (excluding diaryl/α,β-unsaturated/α-hetero) is 1. The summed E-state index contributed by atoms with van der Waals surface area (Å²) in [5.41, 5.74) is 6.23. The Hall–Kier alpha value is -3.11. The van der Waals surface area contributed by atoms with Crippen LogP contribution in [-0.2, 0) is 13.0 Å². The van der Waals surface area contributed by atoms with E-state index in [9.17, 15) is 4.79 Å². The fourth-order valence-corrected chi connectivity index (χ4v) is 4.50. The summed E-state index contributed by atoms with van der Waals surface area (Å²) < 4.78 is 2.31. The molecule has 0 spiro atoms. The lowest BCUT2D eigenvalue weighted by atomic mass is 9.96. The first kappa shape index (κ1) is 18.9. The number of benzene rings is 2. The van der Waals surface area contributed by atoms with E-state index in [4.69, 9.17) is 11.6 Å². The molecule has 2 heterocycles. The highest BCUT2D eigenvalue weighted by atomic mass is 35.5. The second kappa shape index (κ2) is 7.96. The number of pyridine rings is 1. The minimum absolute atomic E-state index is 0.261. The van der Waals surface area contributed by atoms with E-state index in [1.165, 1.54) is 5.69 Å². The Balaban J connectivity index is 1.45. The monoisotopic (exact) mass is 415 g/mol. The van der Waals surface area contributed by atoms with Crippen LogP contribution in [0.1, 0.15) is 28.9 Å². The van der Waals surface area contributed by atoms with Crippen LogP contribution in [0.4, 0.5) is 5.69 Å². The molecule has 1 aliphatic rings. The SMILES string of the molecule is O=C1CCCc2c1cc(-c1ccccc1)n2CCNc1ccnc2cc(Cl)ccc12. The predicted octanol–water partition coefficient (Wildman–Crippen LogP) is 5.99. The number of nitrogens with one attached hydrogen (secondary N) is 1. The molecule has 1 aliphatic carbocycles. The van der Waals surface area contributed by atoms with E-state index in [0.717, 1.165) is 59.3 Å². The number of hydrogen-bond acceptors (Lipinski definition) is 3. The van der Waals surface area contributed by atoms with Crippen molar-refractivity contribution in [3.05, 3.63) is 83.1 Å². The van der Waals surface area contributed by atoms with Gasteiger partial charge in [-0.3, -0.25) is 9.78 Å². The number of halogens is 1. The maximum absolute atomic E-state index is 12.5. The van der Waals surface area contributed by atoms with Crippen LogP contribution >= 0.6 is 11.6 Å². The van der Waals surface area contributed by atoms with Crippen LogP contribution in [0.25, 0.3) is 22.2 Å². The van der Waals surface area contributed by atoms with Gasteiger partial charge < -0.3 is 9.88 Å². The maximum Gasteiger partial charge on any atom is 0.164 e. The molecule has 0 amide bonds. The molecule has 0 bridgehead atoms. The third-order valence-electron chi connectivity index (χ3n) is 5.75. The fourth-order valence-electron chi connectivity index (χ4n) is 4.33. The minimum Gasteiger partial charge on any atom is -0.383 e. The molecule has 30 heavy (non-hydrogen) atoms. The molecule has 1 N–H and O–H groups in total. The Morgan fingerprint density at radius 1 is 1.03 bits per heavy atom. The molecule has 5 rings (SSSR count). The lowest BCUT2D eigenvalue weighted by Crippen LogP contribution is -2.17. The summed E-state index contributed by atoms with van der Waals surface area (Å²) in [5.74, 6) is 0.261. The summed E-state index contributed by atoms with van der Waals surface area (Å²) in [6, 6.07) is 20.1. The lowest BCUT2D eigenvalue weighted by molar-refractivity contribution is 0.0972. The summed E-state index contributed by atoms with van der Waals surface area (Å²) in [4.78, 5) is 16.9. The van der Waals surface area contributed by atoms with Gasteiger partial charge in [0.05, 0.1) is 5.52 Å². The van der Waals surface area contributed by atoms with Gasteiger partial charge in [0.15, 0.2) is 5.78 Å². The molecule has 0 atom stereocenters. The Bertz CT molecular complexity index is 1230. The van der Waals surface area contributed by atoms with E-state index in [1.54, 1.807) is 6.20 Å². The van der Waals surface area contributed by atoms with Crippen LogP contribution in [0.2, 0.25) is 5.02 Å². The number of nitrogens with zero attached hydrogens (tertiary/aromatic N) is 2. The first-order chi connectivity index (χ1) is 14.7. The van der Waals surface area contributed by atoms with Gasteiger partial charge in [-0.05, 0) is 48.7 Å². The highest BCUT2D eigenvalue weighted by Crippen LogP contribution is 2.31. The van der Waals surface area contributed by atoms with Crippen molar-refractivity contribution in [1.82, 2.24) is 9.55 Å². The van der Waals surface area contributed by atoms with Crippen molar-refractivity contribution in [2.45, 2.75) is 25.8 Å². The van der Waals surface area contributed by atoms with Crippen molar-refractivity contribution >= 4 is 34.0 Å². The van der Waals surface area contributed by atoms with Gasteiger partial charge in [-0.2, -0.15) is 0 Å². The minimum atomic E-state index is 0.261. The van der Waals surface area contributed by atoms with Gasteiger partial charge in [0.1, 0.15) is 0 Å². The molecule has 4 nitrogen and oxygen atoms in total. The summed E-state index contributed by atoms with van der Waals surface area (Å²) in [5, 5.41) is 5.29. The van der Waals surface area contributed by atoms with Crippen LogP contribution in [-0.4, -0.2) is 21.9 Å². The lowest BCUT2D eigenvalue weighted by Gasteiger charge is -2.18. The Labute approximate surface area is 180 Å². The topological polar surface area (TPSA) is 46.9 Å². The number of carbonyl (C=O) groups is 1. The average Bonchev–Trinajstić information content (AvgIpc) is 3.14. The molecule has 5 heteroatoms. The van der Waals surface area contributed by atoms with Crippen LogP contribution in [0.5, 0.6) is 0 Å². The molecule has 0 radical (unpaired) electrons. The first-order valence-corrected chi connectivity index (χ1v) is 10.7. The molecule has 0 saturated carbocycles. The second-order valence-corrected chi connectivity index (χ2v) is 8.07.